The molecule has 0 fully saturated rings. The normalized spacial score (nSPS) is 13.3. The summed E-state index contributed by atoms with van der Waals surface area (Å²) in [5.74, 6) is -1.49. The summed E-state index contributed by atoms with van der Waals surface area (Å²) in [6.07, 6.45) is 2.35. The van der Waals surface area contributed by atoms with Gasteiger partial charge in [-0.25, -0.2) is 4.79 Å². The molecule has 4 nitrogen and oxygen atoms in total. The van der Waals surface area contributed by atoms with Gasteiger partial charge in [-0.1, -0.05) is 13.0 Å². The second-order valence-corrected chi connectivity index (χ2v) is 2.80. The summed E-state index contributed by atoms with van der Waals surface area (Å²) in [7, 11) is 2.58. The number of allylic oxidation sites excluding steroid dienone is 1. The lowest BCUT2D eigenvalue weighted by Crippen LogP contribution is -2.21. The molecule has 0 rings (SSSR count). The first-order valence-corrected chi connectivity index (χ1v) is 4.44. The zero-order chi connectivity index (χ0) is 11.1. The van der Waals surface area contributed by atoms with E-state index in [1.54, 1.807) is 13.0 Å². The van der Waals surface area contributed by atoms with Gasteiger partial charge >= 0.3 is 11.9 Å². The summed E-state index contributed by atoms with van der Waals surface area (Å²) in [5, 5.41) is 0. The van der Waals surface area contributed by atoms with Gasteiger partial charge in [-0.2, -0.15) is 0 Å². The zero-order valence-electron chi connectivity index (χ0n) is 8.99. The minimum Gasteiger partial charge on any atom is -0.469 e. The predicted octanol–water partition coefficient (Wildman–Crippen LogP) is 1.30. The Hall–Kier alpha value is -1.32. The average Bonchev–Trinajstić information content (AvgIpc) is 2.22. The van der Waals surface area contributed by atoms with Crippen LogP contribution in [-0.4, -0.2) is 26.2 Å². The lowest BCUT2D eigenvalue weighted by molar-refractivity contribution is -0.146. The van der Waals surface area contributed by atoms with Gasteiger partial charge in [0.05, 0.1) is 20.1 Å². The molecule has 0 aliphatic carbocycles. The lowest BCUT2D eigenvalue weighted by Gasteiger charge is -2.11. The van der Waals surface area contributed by atoms with Gasteiger partial charge in [0, 0.05) is 5.57 Å². The van der Waals surface area contributed by atoms with E-state index in [1.807, 2.05) is 6.92 Å². The Morgan fingerprint density at radius 1 is 1.29 bits per heavy atom. The number of esters is 2. The smallest absolute Gasteiger partial charge is 0.334 e. The van der Waals surface area contributed by atoms with Crippen LogP contribution < -0.4 is 0 Å². The van der Waals surface area contributed by atoms with Crippen LogP contribution >= 0.6 is 0 Å². The molecular weight excluding hydrogens is 184 g/mol. The van der Waals surface area contributed by atoms with Gasteiger partial charge in [-0.15, -0.1) is 0 Å². The number of carbonyl (C=O) groups is 2. The van der Waals surface area contributed by atoms with Crippen molar-refractivity contribution < 1.29 is 19.1 Å². The molecule has 4 heteroatoms. The van der Waals surface area contributed by atoms with Crippen molar-refractivity contribution in [2.24, 2.45) is 5.92 Å². The first kappa shape index (κ1) is 12.7. The van der Waals surface area contributed by atoms with Crippen LogP contribution in [0, 0.1) is 5.92 Å². The summed E-state index contributed by atoms with van der Waals surface area (Å²) in [4.78, 5) is 22.4. The van der Waals surface area contributed by atoms with Crippen molar-refractivity contribution in [3.63, 3.8) is 0 Å². The molecule has 0 radical (unpaired) electrons. The molecule has 1 unspecified atom stereocenters. The zero-order valence-corrected chi connectivity index (χ0v) is 8.99. The van der Waals surface area contributed by atoms with Crippen LogP contribution in [0.25, 0.3) is 0 Å². The minimum absolute atomic E-state index is 0.349. The number of hydrogen-bond donors (Lipinski definition) is 0. The van der Waals surface area contributed by atoms with Crippen LogP contribution in [0.5, 0.6) is 0 Å². The number of hydrogen-bond acceptors (Lipinski definition) is 4. The Morgan fingerprint density at radius 2 is 1.86 bits per heavy atom. The van der Waals surface area contributed by atoms with Gasteiger partial charge in [0.25, 0.3) is 0 Å². The molecule has 0 bridgehead atoms. The fourth-order valence-electron chi connectivity index (χ4n) is 1.08. The minimum atomic E-state index is -0.576. The molecule has 0 N–H and O–H groups in total. The van der Waals surface area contributed by atoms with Crippen LogP contribution in [-0.2, 0) is 19.1 Å². The van der Waals surface area contributed by atoms with Crippen LogP contribution in [0.4, 0.5) is 0 Å². The highest BCUT2D eigenvalue weighted by Gasteiger charge is 2.24. The molecule has 0 aromatic heterocycles. The van der Waals surface area contributed by atoms with Gasteiger partial charge in [-0.3, -0.25) is 4.79 Å². The molecule has 0 heterocycles. The van der Waals surface area contributed by atoms with E-state index in [4.69, 9.17) is 0 Å². The molecule has 1 atom stereocenters. The van der Waals surface area contributed by atoms with E-state index in [0.29, 0.717) is 12.0 Å². The van der Waals surface area contributed by atoms with E-state index in [1.165, 1.54) is 14.2 Å². The molecule has 0 amide bonds. The largest absolute Gasteiger partial charge is 0.469 e. The molecule has 0 spiro atoms. The quantitative estimate of drug-likeness (QED) is 0.507. The van der Waals surface area contributed by atoms with Crippen molar-refractivity contribution in [3.05, 3.63) is 11.6 Å². The van der Waals surface area contributed by atoms with Gasteiger partial charge in [0.1, 0.15) is 0 Å². The molecule has 0 saturated carbocycles. The van der Waals surface area contributed by atoms with Gasteiger partial charge in [0.15, 0.2) is 0 Å². The molecule has 0 aromatic carbocycles. The molecule has 14 heavy (non-hydrogen) atoms. The van der Waals surface area contributed by atoms with E-state index in [-0.39, 0.29) is 0 Å². The summed E-state index contributed by atoms with van der Waals surface area (Å²) < 4.78 is 9.11. The highest BCUT2D eigenvalue weighted by molar-refractivity contribution is 5.95. The van der Waals surface area contributed by atoms with Crippen molar-refractivity contribution in [2.75, 3.05) is 14.2 Å². The standard InChI is InChI=1S/C10H16O4/c1-5-6-8(10(12)14-4)7(2)9(11)13-3/h6-7H,5H2,1-4H3/b8-6+. The van der Waals surface area contributed by atoms with Crippen LogP contribution in [0.1, 0.15) is 20.3 Å². The predicted molar refractivity (Wildman–Crippen MR) is 51.6 cm³/mol. The number of ether oxygens (including phenoxy) is 2. The topological polar surface area (TPSA) is 52.6 Å². The second-order valence-electron chi connectivity index (χ2n) is 2.80. The number of carbonyl (C=O) groups excluding carboxylic acids is 2. The third-order valence-electron chi connectivity index (χ3n) is 1.87. The monoisotopic (exact) mass is 200 g/mol. The van der Waals surface area contributed by atoms with Crippen LogP contribution in [0.15, 0.2) is 11.6 Å². The molecule has 0 aliphatic rings. The van der Waals surface area contributed by atoms with Crippen LogP contribution in [0.2, 0.25) is 0 Å². The van der Waals surface area contributed by atoms with Crippen LogP contribution in [0.3, 0.4) is 0 Å². The Kier molecular flexibility index (Phi) is 5.60. The first-order chi connectivity index (χ1) is 6.58. The third-order valence-corrected chi connectivity index (χ3v) is 1.87. The van der Waals surface area contributed by atoms with E-state index in [2.05, 4.69) is 9.47 Å². The Labute approximate surface area is 83.9 Å². The van der Waals surface area contributed by atoms with Gasteiger partial charge in [-0.05, 0) is 13.3 Å². The van der Waals surface area contributed by atoms with Crippen molar-refractivity contribution in [1.29, 1.82) is 0 Å². The summed E-state index contributed by atoms with van der Waals surface area (Å²) >= 11 is 0. The SMILES string of the molecule is CC/C=C(/C(=O)OC)C(C)C(=O)OC. The fraction of sp³-hybridized carbons (Fsp3) is 0.600. The van der Waals surface area contributed by atoms with Crippen molar-refractivity contribution in [3.8, 4) is 0 Å². The Morgan fingerprint density at radius 3 is 2.21 bits per heavy atom. The summed E-state index contributed by atoms with van der Waals surface area (Å²) in [6, 6.07) is 0. The van der Waals surface area contributed by atoms with Gasteiger partial charge < -0.3 is 9.47 Å². The number of rotatable bonds is 4. The molecule has 0 saturated heterocycles. The van der Waals surface area contributed by atoms with E-state index < -0.39 is 17.9 Å². The first-order valence-electron chi connectivity index (χ1n) is 4.44. The van der Waals surface area contributed by atoms with Crippen molar-refractivity contribution in [1.82, 2.24) is 0 Å². The summed E-state index contributed by atoms with van der Waals surface area (Å²) in [5.41, 5.74) is 0.349. The maximum atomic E-state index is 11.3. The Balaban J connectivity index is 4.75. The van der Waals surface area contributed by atoms with E-state index in [9.17, 15) is 9.59 Å². The molecule has 80 valence electrons. The van der Waals surface area contributed by atoms with Crippen molar-refractivity contribution >= 4 is 11.9 Å². The maximum Gasteiger partial charge on any atom is 0.334 e. The van der Waals surface area contributed by atoms with E-state index >= 15 is 0 Å². The highest BCUT2D eigenvalue weighted by atomic mass is 16.5. The lowest BCUT2D eigenvalue weighted by atomic mass is 10.0. The Bertz CT molecular complexity index is 243. The van der Waals surface area contributed by atoms with E-state index in [0.717, 1.165) is 0 Å². The average molecular weight is 200 g/mol. The fourth-order valence-corrected chi connectivity index (χ4v) is 1.08. The number of methoxy groups -OCH3 is 2. The summed E-state index contributed by atoms with van der Waals surface area (Å²) in [6.45, 7) is 3.50. The van der Waals surface area contributed by atoms with Gasteiger partial charge in [0.2, 0.25) is 0 Å². The molecular formula is C10H16O4. The second kappa shape index (κ2) is 6.18. The molecule has 0 aliphatic heterocycles. The highest BCUT2D eigenvalue weighted by Crippen LogP contribution is 2.14. The maximum absolute atomic E-state index is 11.3. The molecule has 0 aromatic rings. The third kappa shape index (κ3) is 3.20. The van der Waals surface area contributed by atoms with Crippen molar-refractivity contribution in [2.45, 2.75) is 20.3 Å².